The standard InChI is InChI=1S/C13H16FN3O2S/c1-9-3-4-10(7-11(9)14)19-13-17-16-12(20-13)8-15-5-6-18-2/h3-4,7,15H,5-6,8H2,1-2H3. The number of halogens is 1. The van der Waals surface area contributed by atoms with E-state index in [0.717, 1.165) is 11.6 Å². The number of rotatable bonds is 7. The van der Waals surface area contributed by atoms with Crippen molar-refractivity contribution in [3.8, 4) is 10.9 Å². The lowest BCUT2D eigenvalue weighted by Crippen LogP contribution is -2.18. The maximum Gasteiger partial charge on any atom is 0.299 e. The predicted octanol–water partition coefficient (Wildman–Crippen LogP) is 2.51. The molecule has 0 atom stereocenters. The average molecular weight is 297 g/mol. The third-order valence-electron chi connectivity index (χ3n) is 2.56. The van der Waals surface area contributed by atoms with E-state index in [2.05, 4.69) is 15.5 Å². The Balaban J connectivity index is 1.90. The molecule has 0 aliphatic heterocycles. The van der Waals surface area contributed by atoms with E-state index in [1.54, 1.807) is 26.2 Å². The number of hydrogen-bond acceptors (Lipinski definition) is 6. The van der Waals surface area contributed by atoms with E-state index in [9.17, 15) is 4.39 Å². The zero-order valence-electron chi connectivity index (χ0n) is 11.4. The number of benzene rings is 1. The number of methoxy groups -OCH3 is 1. The van der Waals surface area contributed by atoms with Crippen molar-refractivity contribution >= 4 is 11.3 Å². The van der Waals surface area contributed by atoms with Gasteiger partial charge in [-0.3, -0.25) is 0 Å². The Bertz CT molecular complexity index is 562. The van der Waals surface area contributed by atoms with Crippen molar-refractivity contribution < 1.29 is 13.9 Å². The Kier molecular flexibility index (Phi) is 5.40. The Morgan fingerprint density at radius 2 is 2.20 bits per heavy atom. The van der Waals surface area contributed by atoms with Crippen LogP contribution in [0.5, 0.6) is 10.9 Å². The molecule has 20 heavy (non-hydrogen) atoms. The van der Waals surface area contributed by atoms with E-state index in [1.165, 1.54) is 17.4 Å². The summed E-state index contributed by atoms with van der Waals surface area (Å²) in [6.07, 6.45) is 0. The van der Waals surface area contributed by atoms with Crippen molar-refractivity contribution in [2.45, 2.75) is 13.5 Å². The fourth-order valence-electron chi connectivity index (χ4n) is 1.46. The average Bonchev–Trinajstić information content (AvgIpc) is 2.87. The number of aryl methyl sites for hydroxylation is 1. The number of nitrogens with one attached hydrogen (secondary N) is 1. The zero-order chi connectivity index (χ0) is 14.4. The SMILES string of the molecule is COCCNCc1nnc(Oc2ccc(C)c(F)c2)s1. The first-order valence-electron chi connectivity index (χ1n) is 6.15. The van der Waals surface area contributed by atoms with E-state index >= 15 is 0 Å². The summed E-state index contributed by atoms with van der Waals surface area (Å²) in [5.74, 6) is 0.122. The van der Waals surface area contributed by atoms with E-state index in [1.807, 2.05) is 0 Å². The Hall–Kier alpha value is -1.57. The van der Waals surface area contributed by atoms with Gasteiger partial charge in [-0.15, -0.1) is 5.10 Å². The highest BCUT2D eigenvalue weighted by Crippen LogP contribution is 2.26. The predicted molar refractivity (Wildman–Crippen MR) is 74.7 cm³/mol. The number of ether oxygens (including phenoxy) is 2. The third kappa shape index (κ3) is 4.22. The van der Waals surface area contributed by atoms with Gasteiger partial charge in [0.25, 0.3) is 5.19 Å². The number of nitrogens with zero attached hydrogens (tertiary/aromatic N) is 2. The molecule has 2 aromatic rings. The highest BCUT2D eigenvalue weighted by atomic mass is 32.1. The second kappa shape index (κ2) is 7.28. The first kappa shape index (κ1) is 14.8. The van der Waals surface area contributed by atoms with Crippen LogP contribution in [0, 0.1) is 12.7 Å². The summed E-state index contributed by atoms with van der Waals surface area (Å²) in [4.78, 5) is 0. The summed E-state index contributed by atoms with van der Waals surface area (Å²) >= 11 is 1.33. The molecule has 0 radical (unpaired) electrons. The van der Waals surface area contributed by atoms with Gasteiger partial charge in [0.15, 0.2) is 0 Å². The van der Waals surface area contributed by atoms with Crippen molar-refractivity contribution in [1.82, 2.24) is 15.5 Å². The molecule has 0 aliphatic carbocycles. The normalized spacial score (nSPS) is 10.8. The van der Waals surface area contributed by atoms with Crippen LogP contribution in [-0.2, 0) is 11.3 Å². The van der Waals surface area contributed by atoms with Crippen LogP contribution in [0.15, 0.2) is 18.2 Å². The summed E-state index contributed by atoms with van der Waals surface area (Å²) in [5.41, 5.74) is 0.581. The fraction of sp³-hybridized carbons (Fsp3) is 0.385. The van der Waals surface area contributed by atoms with Crippen LogP contribution in [0.2, 0.25) is 0 Å². The maximum atomic E-state index is 13.4. The lowest BCUT2D eigenvalue weighted by Gasteiger charge is -2.02. The molecule has 108 valence electrons. The summed E-state index contributed by atoms with van der Waals surface area (Å²) in [6.45, 7) is 3.70. The van der Waals surface area contributed by atoms with E-state index < -0.39 is 0 Å². The molecule has 2 rings (SSSR count). The Morgan fingerprint density at radius 3 is 2.95 bits per heavy atom. The topological polar surface area (TPSA) is 56.3 Å². The van der Waals surface area contributed by atoms with Crippen LogP contribution in [-0.4, -0.2) is 30.5 Å². The fourth-order valence-corrected chi connectivity index (χ4v) is 2.14. The molecule has 0 fully saturated rings. The van der Waals surface area contributed by atoms with Crippen molar-refractivity contribution in [3.05, 3.63) is 34.6 Å². The van der Waals surface area contributed by atoms with Crippen LogP contribution in [0.3, 0.4) is 0 Å². The lowest BCUT2D eigenvalue weighted by atomic mass is 10.2. The summed E-state index contributed by atoms with van der Waals surface area (Å²) in [6, 6.07) is 4.71. The van der Waals surface area contributed by atoms with Gasteiger partial charge < -0.3 is 14.8 Å². The zero-order valence-corrected chi connectivity index (χ0v) is 12.2. The summed E-state index contributed by atoms with van der Waals surface area (Å²) in [7, 11) is 1.65. The molecule has 1 aromatic carbocycles. The van der Waals surface area contributed by atoms with Gasteiger partial charge in [0.1, 0.15) is 16.6 Å². The third-order valence-corrected chi connectivity index (χ3v) is 3.36. The molecule has 0 spiro atoms. The number of hydrogen-bond donors (Lipinski definition) is 1. The molecule has 0 unspecified atom stereocenters. The minimum absolute atomic E-state index is 0.298. The van der Waals surface area contributed by atoms with Crippen molar-refractivity contribution in [1.29, 1.82) is 0 Å². The molecule has 0 bridgehead atoms. The van der Waals surface area contributed by atoms with Crippen LogP contribution >= 0.6 is 11.3 Å². The highest BCUT2D eigenvalue weighted by Gasteiger charge is 2.07. The van der Waals surface area contributed by atoms with Gasteiger partial charge in [0, 0.05) is 26.3 Å². The molecule has 1 heterocycles. The maximum absolute atomic E-state index is 13.4. The van der Waals surface area contributed by atoms with E-state index in [4.69, 9.17) is 9.47 Å². The van der Waals surface area contributed by atoms with Gasteiger partial charge in [-0.1, -0.05) is 22.5 Å². The second-order valence-electron chi connectivity index (χ2n) is 4.14. The first-order chi connectivity index (χ1) is 9.69. The summed E-state index contributed by atoms with van der Waals surface area (Å²) in [5, 5.41) is 12.3. The molecule has 0 saturated heterocycles. The van der Waals surface area contributed by atoms with Gasteiger partial charge in [-0.25, -0.2) is 4.39 Å². The van der Waals surface area contributed by atoms with Crippen LogP contribution in [0.25, 0.3) is 0 Å². The van der Waals surface area contributed by atoms with Gasteiger partial charge >= 0.3 is 0 Å². The molecular weight excluding hydrogens is 281 g/mol. The number of aromatic nitrogens is 2. The van der Waals surface area contributed by atoms with Gasteiger partial charge in [0.2, 0.25) is 0 Å². The van der Waals surface area contributed by atoms with Crippen molar-refractivity contribution in [2.75, 3.05) is 20.3 Å². The minimum atomic E-state index is -0.298. The minimum Gasteiger partial charge on any atom is -0.430 e. The smallest absolute Gasteiger partial charge is 0.299 e. The van der Waals surface area contributed by atoms with Crippen LogP contribution in [0.1, 0.15) is 10.6 Å². The quantitative estimate of drug-likeness (QED) is 0.796. The molecule has 0 amide bonds. The van der Waals surface area contributed by atoms with Crippen molar-refractivity contribution in [3.63, 3.8) is 0 Å². The molecular formula is C13H16FN3O2S. The lowest BCUT2D eigenvalue weighted by molar-refractivity contribution is 0.199. The molecule has 1 N–H and O–H groups in total. The van der Waals surface area contributed by atoms with E-state index in [-0.39, 0.29) is 5.82 Å². The Morgan fingerprint density at radius 1 is 1.35 bits per heavy atom. The summed E-state index contributed by atoms with van der Waals surface area (Å²) < 4.78 is 23.8. The largest absolute Gasteiger partial charge is 0.430 e. The van der Waals surface area contributed by atoms with Crippen molar-refractivity contribution in [2.24, 2.45) is 0 Å². The second-order valence-corrected chi connectivity index (χ2v) is 5.17. The van der Waals surface area contributed by atoms with Gasteiger partial charge in [-0.05, 0) is 18.6 Å². The Labute approximate surface area is 120 Å². The molecule has 5 nitrogen and oxygen atoms in total. The van der Waals surface area contributed by atoms with Crippen LogP contribution < -0.4 is 10.1 Å². The van der Waals surface area contributed by atoms with Crippen LogP contribution in [0.4, 0.5) is 4.39 Å². The molecule has 0 saturated carbocycles. The first-order valence-corrected chi connectivity index (χ1v) is 6.96. The molecule has 0 aliphatic rings. The van der Waals surface area contributed by atoms with Gasteiger partial charge in [-0.2, -0.15) is 0 Å². The molecule has 7 heteroatoms. The molecule has 1 aromatic heterocycles. The highest BCUT2D eigenvalue weighted by molar-refractivity contribution is 7.13. The monoisotopic (exact) mass is 297 g/mol. The van der Waals surface area contributed by atoms with E-state index in [0.29, 0.717) is 29.7 Å². The van der Waals surface area contributed by atoms with Gasteiger partial charge in [0.05, 0.1) is 6.61 Å².